The first-order valence-electron chi connectivity index (χ1n) is 11.2. The van der Waals surface area contributed by atoms with Crippen molar-refractivity contribution in [3.8, 4) is 5.75 Å². The van der Waals surface area contributed by atoms with Crippen LogP contribution in [0.4, 0.5) is 0 Å². The fourth-order valence-corrected chi connectivity index (χ4v) is 4.64. The molecule has 3 aliphatic rings. The fraction of sp³-hybridized carbons (Fsp3) is 0.609. The van der Waals surface area contributed by atoms with Crippen LogP contribution >= 0.6 is 0 Å². The molecule has 0 bridgehead atoms. The molecular weight excluding hydrogens is 382 g/mol. The van der Waals surface area contributed by atoms with Crippen molar-refractivity contribution in [1.29, 1.82) is 0 Å². The monoisotopic (exact) mass is 413 g/mol. The number of hydrogen-bond acceptors (Lipinski definition) is 4. The number of benzene rings is 1. The lowest BCUT2D eigenvalue weighted by atomic mass is 9.94. The largest absolute Gasteiger partial charge is 0.485 e. The smallest absolute Gasteiger partial charge is 0.255 e. The van der Waals surface area contributed by atoms with Crippen LogP contribution in [0.25, 0.3) is 0 Å². The van der Waals surface area contributed by atoms with Gasteiger partial charge in [0.25, 0.3) is 5.91 Å². The first-order chi connectivity index (χ1) is 14.6. The van der Waals surface area contributed by atoms with E-state index in [0.29, 0.717) is 43.7 Å². The second-order valence-corrected chi connectivity index (χ2v) is 8.68. The maximum Gasteiger partial charge on any atom is 0.255 e. The van der Waals surface area contributed by atoms with E-state index in [1.54, 1.807) is 17.0 Å². The normalized spacial score (nSPS) is 25.3. The highest BCUT2D eigenvalue weighted by molar-refractivity contribution is 5.97. The maximum atomic E-state index is 12.9. The number of fused-ring (bicyclic) bond motifs is 1. The van der Waals surface area contributed by atoms with E-state index in [4.69, 9.17) is 4.74 Å². The molecule has 0 radical (unpaired) electrons. The Morgan fingerprint density at radius 3 is 2.53 bits per heavy atom. The summed E-state index contributed by atoms with van der Waals surface area (Å²) in [5.74, 6) is 0.439. The molecule has 3 heterocycles. The lowest BCUT2D eigenvalue weighted by molar-refractivity contribution is -0.140. The molecule has 2 fully saturated rings. The highest BCUT2D eigenvalue weighted by Crippen LogP contribution is 2.33. The van der Waals surface area contributed by atoms with Gasteiger partial charge in [-0.25, -0.2) is 0 Å². The third-order valence-electron chi connectivity index (χ3n) is 6.55. The molecule has 7 heteroatoms. The minimum Gasteiger partial charge on any atom is -0.485 e. The number of likely N-dealkylation sites (tertiary alicyclic amines) is 2. The molecule has 1 atom stereocenters. The van der Waals surface area contributed by atoms with Gasteiger partial charge < -0.3 is 19.9 Å². The molecule has 1 aromatic carbocycles. The molecule has 3 aliphatic heterocycles. The zero-order valence-electron chi connectivity index (χ0n) is 17.5. The summed E-state index contributed by atoms with van der Waals surface area (Å²) in [4.78, 5) is 41.7. The molecule has 1 unspecified atom stereocenters. The van der Waals surface area contributed by atoms with E-state index in [1.807, 2.05) is 17.0 Å². The van der Waals surface area contributed by atoms with Gasteiger partial charge in [-0.2, -0.15) is 0 Å². The second kappa shape index (κ2) is 9.06. The summed E-state index contributed by atoms with van der Waals surface area (Å²) in [6, 6.07) is 7.22. The first kappa shape index (κ1) is 20.7. The van der Waals surface area contributed by atoms with Gasteiger partial charge in [0.2, 0.25) is 11.8 Å². The van der Waals surface area contributed by atoms with E-state index >= 15 is 0 Å². The number of carbonyl (C=O) groups is 3. The first-order valence-corrected chi connectivity index (χ1v) is 11.2. The number of carbonyl (C=O) groups excluding carboxylic acids is 3. The third kappa shape index (κ3) is 4.60. The molecule has 3 amide bonds. The molecule has 0 saturated carbocycles. The second-order valence-electron chi connectivity index (χ2n) is 8.68. The Morgan fingerprint density at radius 1 is 1.00 bits per heavy atom. The summed E-state index contributed by atoms with van der Waals surface area (Å²) in [5.41, 5.74) is -0.106. The average molecular weight is 414 g/mol. The zero-order chi connectivity index (χ0) is 21.0. The fourth-order valence-electron chi connectivity index (χ4n) is 4.64. The van der Waals surface area contributed by atoms with Crippen LogP contribution in [0.15, 0.2) is 24.3 Å². The predicted octanol–water partition coefficient (Wildman–Crippen LogP) is 2.35. The van der Waals surface area contributed by atoms with Gasteiger partial charge in [0.15, 0.2) is 0 Å². The van der Waals surface area contributed by atoms with Crippen LogP contribution < -0.4 is 10.1 Å². The van der Waals surface area contributed by atoms with Crippen molar-refractivity contribution in [3.63, 3.8) is 0 Å². The number of rotatable bonds is 2. The van der Waals surface area contributed by atoms with Gasteiger partial charge in [0.05, 0.1) is 18.7 Å². The standard InChI is InChI=1S/C23H31N3O4/c27-20-10-11-23(17-24-22(29)18-8-4-5-9-19(18)30-23)12-15-26(20)16-21(28)25-13-6-2-1-3-7-14-25/h4-5,8-9H,1-3,6-7,10-17H2,(H,24,29). The highest BCUT2D eigenvalue weighted by Gasteiger charge is 2.40. The van der Waals surface area contributed by atoms with E-state index in [-0.39, 0.29) is 24.3 Å². The van der Waals surface area contributed by atoms with E-state index in [2.05, 4.69) is 5.32 Å². The van der Waals surface area contributed by atoms with E-state index in [1.165, 1.54) is 19.3 Å². The Hall–Kier alpha value is -2.57. The summed E-state index contributed by atoms with van der Waals surface area (Å²) >= 11 is 0. The number of para-hydroxylation sites is 1. The average Bonchev–Trinajstić information content (AvgIpc) is 2.95. The molecule has 1 spiro atoms. The van der Waals surface area contributed by atoms with Gasteiger partial charge in [0.1, 0.15) is 11.4 Å². The van der Waals surface area contributed by atoms with Crippen LogP contribution in [0, 0.1) is 0 Å². The lowest BCUT2D eigenvalue weighted by Crippen LogP contribution is -2.47. The SMILES string of the molecule is O=C1NCC2(CCC(=O)N(CC(=O)N3CCCCCCC3)CC2)Oc2ccccc21. The number of amides is 3. The Bertz CT molecular complexity index is 803. The Kier molecular flexibility index (Phi) is 6.25. The highest BCUT2D eigenvalue weighted by atomic mass is 16.5. The topological polar surface area (TPSA) is 79.0 Å². The van der Waals surface area contributed by atoms with E-state index in [9.17, 15) is 14.4 Å². The molecule has 2 saturated heterocycles. The van der Waals surface area contributed by atoms with Gasteiger partial charge >= 0.3 is 0 Å². The summed E-state index contributed by atoms with van der Waals surface area (Å²) in [6.07, 6.45) is 7.07. The predicted molar refractivity (Wildman–Crippen MR) is 112 cm³/mol. The van der Waals surface area contributed by atoms with Crippen LogP contribution in [0.2, 0.25) is 0 Å². The van der Waals surface area contributed by atoms with Gasteiger partial charge in [-0.15, -0.1) is 0 Å². The quantitative estimate of drug-likeness (QED) is 0.807. The van der Waals surface area contributed by atoms with Crippen molar-refractivity contribution in [3.05, 3.63) is 29.8 Å². The molecule has 1 N–H and O–H groups in total. The zero-order valence-corrected chi connectivity index (χ0v) is 17.5. The van der Waals surface area contributed by atoms with Gasteiger partial charge in [-0.3, -0.25) is 14.4 Å². The lowest BCUT2D eigenvalue weighted by Gasteiger charge is -2.32. The van der Waals surface area contributed by atoms with Crippen LogP contribution in [0.5, 0.6) is 5.75 Å². The minimum absolute atomic E-state index is 0.0141. The van der Waals surface area contributed by atoms with Crippen molar-refractivity contribution in [1.82, 2.24) is 15.1 Å². The Labute approximate surface area is 177 Å². The van der Waals surface area contributed by atoms with Crippen LogP contribution in [0.3, 0.4) is 0 Å². The van der Waals surface area contributed by atoms with Crippen molar-refractivity contribution in [2.24, 2.45) is 0 Å². The summed E-state index contributed by atoms with van der Waals surface area (Å²) in [6.45, 7) is 2.53. The molecule has 4 rings (SSSR count). The third-order valence-corrected chi connectivity index (χ3v) is 6.55. The van der Waals surface area contributed by atoms with Gasteiger partial charge in [-0.05, 0) is 31.4 Å². The number of ether oxygens (including phenoxy) is 1. The van der Waals surface area contributed by atoms with Crippen molar-refractivity contribution >= 4 is 17.7 Å². The summed E-state index contributed by atoms with van der Waals surface area (Å²) in [5, 5.41) is 2.96. The van der Waals surface area contributed by atoms with Gasteiger partial charge in [-0.1, -0.05) is 31.4 Å². The number of hydrogen-bond donors (Lipinski definition) is 1. The maximum absolute atomic E-state index is 12.9. The molecule has 0 aromatic heterocycles. The van der Waals surface area contributed by atoms with Crippen LogP contribution in [-0.4, -0.2) is 65.8 Å². The van der Waals surface area contributed by atoms with E-state index < -0.39 is 5.60 Å². The Morgan fingerprint density at radius 2 is 1.73 bits per heavy atom. The van der Waals surface area contributed by atoms with Crippen molar-refractivity contribution < 1.29 is 19.1 Å². The molecule has 0 aliphatic carbocycles. The molecule has 30 heavy (non-hydrogen) atoms. The Balaban J connectivity index is 1.43. The summed E-state index contributed by atoms with van der Waals surface area (Å²) in [7, 11) is 0. The molecule has 1 aromatic rings. The molecule has 162 valence electrons. The van der Waals surface area contributed by atoms with Gasteiger partial charge in [0, 0.05) is 32.5 Å². The molecule has 7 nitrogen and oxygen atoms in total. The number of nitrogens with zero attached hydrogens (tertiary/aromatic N) is 2. The van der Waals surface area contributed by atoms with Crippen LogP contribution in [-0.2, 0) is 9.59 Å². The van der Waals surface area contributed by atoms with E-state index in [0.717, 1.165) is 25.9 Å². The number of nitrogens with one attached hydrogen (secondary N) is 1. The van der Waals surface area contributed by atoms with Crippen LogP contribution in [0.1, 0.15) is 61.7 Å². The molecular formula is C23H31N3O4. The summed E-state index contributed by atoms with van der Waals surface area (Å²) < 4.78 is 6.33. The van der Waals surface area contributed by atoms with Crippen molar-refractivity contribution in [2.45, 2.75) is 57.0 Å². The minimum atomic E-state index is -0.629. The van der Waals surface area contributed by atoms with Crippen molar-refractivity contribution in [2.75, 3.05) is 32.7 Å².